The molecule has 0 bridgehead atoms. The topological polar surface area (TPSA) is 9.23 Å². The second kappa shape index (κ2) is 11.8. The van der Waals surface area contributed by atoms with Gasteiger partial charge in [0.1, 0.15) is 0 Å². The number of halogens is 2. The maximum Gasteiger partial charge on any atom is 0.383 e. The third kappa shape index (κ3) is 6.68. The second-order valence-corrected chi connectivity index (χ2v) is 10.9. The summed E-state index contributed by atoms with van der Waals surface area (Å²) in [6.07, 6.45) is 9.90. The predicted molar refractivity (Wildman–Crippen MR) is 136 cm³/mol. The minimum atomic E-state index is -3.25. The van der Waals surface area contributed by atoms with Gasteiger partial charge in [-0.25, -0.2) is 0 Å². The van der Waals surface area contributed by atoms with E-state index < -0.39 is 6.11 Å². The monoisotopic (exact) mass is 468 g/mol. The van der Waals surface area contributed by atoms with E-state index in [9.17, 15) is 8.78 Å². The number of ether oxygens (including phenoxy) is 1. The Balaban J connectivity index is 1.24. The molecule has 0 N–H and O–H groups in total. The first-order valence-electron chi connectivity index (χ1n) is 13.7. The Hall–Kier alpha value is -1.74. The van der Waals surface area contributed by atoms with E-state index in [4.69, 9.17) is 4.74 Å². The lowest BCUT2D eigenvalue weighted by Crippen LogP contribution is -2.20. The number of hydrogen-bond acceptors (Lipinski definition) is 1. The maximum atomic E-state index is 14.7. The van der Waals surface area contributed by atoms with Crippen LogP contribution in [0.5, 0.6) is 0 Å². The van der Waals surface area contributed by atoms with Crippen molar-refractivity contribution in [2.45, 2.75) is 102 Å². The Kier molecular flexibility index (Phi) is 8.80. The van der Waals surface area contributed by atoms with E-state index in [0.717, 1.165) is 30.2 Å². The summed E-state index contributed by atoms with van der Waals surface area (Å²) in [6, 6.07) is 15.4. The van der Waals surface area contributed by atoms with Gasteiger partial charge in [-0.15, -0.1) is 0 Å². The highest BCUT2D eigenvalue weighted by Gasteiger charge is 2.33. The SMILES string of the molecule is CCCC1CCC(c2ccc(CCOC(F)(F)c3ccc(C4CCC(C)CC4)cc3)cc2)CC1. The molecule has 2 aromatic rings. The van der Waals surface area contributed by atoms with Gasteiger partial charge in [0.25, 0.3) is 0 Å². The first kappa shape index (κ1) is 25.4. The summed E-state index contributed by atoms with van der Waals surface area (Å²) in [5.74, 6) is 2.86. The summed E-state index contributed by atoms with van der Waals surface area (Å²) in [5, 5.41) is 0. The Morgan fingerprint density at radius 2 is 1.29 bits per heavy atom. The Bertz CT molecular complexity index is 857. The summed E-state index contributed by atoms with van der Waals surface area (Å²) >= 11 is 0. The molecular formula is C31H42F2O. The quantitative estimate of drug-likeness (QED) is 0.356. The van der Waals surface area contributed by atoms with Crippen molar-refractivity contribution in [2.24, 2.45) is 11.8 Å². The van der Waals surface area contributed by atoms with E-state index in [2.05, 4.69) is 38.1 Å². The number of rotatable bonds is 9. The highest BCUT2D eigenvalue weighted by atomic mass is 19.3. The van der Waals surface area contributed by atoms with Gasteiger partial charge in [-0.2, -0.15) is 8.78 Å². The highest BCUT2D eigenvalue weighted by molar-refractivity contribution is 5.28. The normalized spacial score (nSPS) is 25.9. The molecule has 0 saturated heterocycles. The lowest BCUT2D eigenvalue weighted by molar-refractivity contribution is -0.248. The minimum Gasteiger partial charge on any atom is -0.316 e. The summed E-state index contributed by atoms with van der Waals surface area (Å²) in [6.45, 7) is 4.58. The van der Waals surface area contributed by atoms with E-state index in [1.54, 1.807) is 12.1 Å². The lowest BCUT2D eigenvalue weighted by Gasteiger charge is -2.28. The summed E-state index contributed by atoms with van der Waals surface area (Å²) in [4.78, 5) is 0. The molecule has 3 heteroatoms. The van der Waals surface area contributed by atoms with E-state index in [1.807, 2.05) is 12.1 Å². The molecule has 0 spiro atoms. The molecule has 0 radical (unpaired) electrons. The van der Waals surface area contributed by atoms with Crippen molar-refractivity contribution in [3.63, 3.8) is 0 Å². The molecule has 0 atom stereocenters. The van der Waals surface area contributed by atoms with Crippen molar-refractivity contribution >= 4 is 0 Å². The molecule has 2 aliphatic rings. The Labute approximate surface area is 205 Å². The standard InChI is InChI=1S/C31H42F2O/c1-3-4-24-7-13-27(14-8-24)28-15-9-25(10-16-28)21-22-34-31(32,33)30-19-17-29(18-20-30)26-11-5-23(2)6-12-26/h9-10,15-20,23-24,26-27H,3-8,11-14,21-22H2,1-2H3. The number of alkyl halides is 2. The van der Waals surface area contributed by atoms with E-state index >= 15 is 0 Å². The fourth-order valence-electron chi connectivity index (χ4n) is 6.07. The molecule has 4 rings (SSSR count). The molecule has 0 amide bonds. The van der Waals surface area contributed by atoms with Crippen LogP contribution in [0, 0.1) is 11.8 Å². The van der Waals surface area contributed by atoms with Crippen LogP contribution in [-0.4, -0.2) is 6.61 Å². The van der Waals surface area contributed by atoms with Crippen molar-refractivity contribution in [1.82, 2.24) is 0 Å². The fraction of sp³-hybridized carbons (Fsp3) is 0.613. The van der Waals surface area contributed by atoms with Crippen LogP contribution in [0.2, 0.25) is 0 Å². The van der Waals surface area contributed by atoms with Crippen LogP contribution >= 0.6 is 0 Å². The smallest absolute Gasteiger partial charge is 0.316 e. The van der Waals surface area contributed by atoms with Crippen LogP contribution in [0.3, 0.4) is 0 Å². The largest absolute Gasteiger partial charge is 0.383 e. The summed E-state index contributed by atoms with van der Waals surface area (Å²) in [7, 11) is 0. The van der Waals surface area contributed by atoms with E-state index in [1.165, 1.54) is 62.5 Å². The summed E-state index contributed by atoms with van der Waals surface area (Å²) in [5.41, 5.74) is 3.60. The van der Waals surface area contributed by atoms with Gasteiger partial charge < -0.3 is 4.74 Å². The van der Waals surface area contributed by atoms with E-state index in [0.29, 0.717) is 18.3 Å². The van der Waals surface area contributed by atoms with Crippen molar-refractivity contribution in [1.29, 1.82) is 0 Å². The van der Waals surface area contributed by atoms with Crippen LogP contribution in [0.15, 0.2) is 48.5 Å². The number of benzene rings is 2. The molecule has 2 saturated carbocycles. The van der Waals surface area contributed by atoms with Gasteiger partial charge >= 0.3 is 6.11 Å². The Morgan fingerprint density at radius 1 is 0.765 bits per heavy atom. The van der Waals surface area contributed by atoms with Gasteiger partial charge in [-0.1, -0.05) is 88.1 Å². The van der Waals surface area contributed by atoms with Gasteiger partial charge in [-0.05, 0) is 85.3 Å². The second-order valence-electron chi connectivity index (χ2n) is 10.9. The van der Waals surface area contributed by atoms with Crippen molar-refractivity contribution in [3.05, 3.63) is 70.8 Å². The van der Waals surface area contributed by atoms with Crippen molar-refractivity contribution in [2.75, 3.05) is 6.61 Å². The predicted octanol–water partition coefficient (Wildman–Crippen LogP) is 9.36. The third-order valence-electron chi connectivity index (χ3n) is 8.40. The average Bonchev–Trinajstić information content (AvgIpc) is 2.86. The van der Waals surface area contributed by atoms with Crippen LogP contribution in [0.25, 0.3) is 0 Å². The Morgan fingerprint density at radius 3 is 1.85 bits per heavy atom. The van der Waals surface area contributed by atoms with Crippen molar-refractivity contribution in [3.8, 4) is 0 Å². The van der Waals surface area contributed by atoms with E-state index in [-0.39, 0.29) is 12.2 Å². The maximum absolute atomic E-state index is 14.7. The average molecular weight is 469 g/mol. The molecule has 2 aromatic carbocycles. The van der Waals surface area contributed by atoms with Crippen LogP contribution in [-0.2, 0) is 17.3 Å². The first-order chi connectivity index (χ1) is 16.4. The van der Waals surface area contributed by atoms with Gasteiger partial charge in [-0.3, -0.25) is 0 Å². The molecule has 0 aromatic heterocycles. The summed E-state index contributed by atoms with van der Waals surface area (Å²) < 4.78 is 34.4. The van der Waals surface area contributed by atoms with Crippen molar-refractivity contribution < 1.29 is 13.5 Å². The third-order valence-corrected chi connectivity index (χ3v) is 8.40. The fourth-order valence-corrected chi connectivity index (χ4v) is 6.07. The van der Waals surface area contributed by atoms with Crippen LogP contribution in [0.1, 0.15) is 112 Å². The molecular weight excluding hydrogens is 426 g/mol. The molecule has 34 heavy (non-hydrogen) atoms. The lowest BCUT2D eigenvalue weighted by atomic mass is 9.77. The first-order valence-corrected chi connectivity index (χ1v) is 13.7. The molecule has 2 fully saturated rings. The van der Waals surface area contributed by atoms with Gasteiger partial charge in [0.15, 0.2) is 0 Å². The number of hydrogen-bond donors (Lipinski definition) is 0. The molecule has 0 heterocycles. The minimum absolute atomic E-state index is 0.0107. The molecule has 2 aliphatic carbocycles. The van der Waals surface area contributed by atoms with Crippen LogP contribution < -0.4 is 0 Å². The van der Waals surface area contributed by atoms with Gasteiger partial charge in [0.05, 0.1) is 12.2 Å². The molecule has 0 unspecified atom stereocenters. The zero-order valence-corrected chi connectivity index (χ0v) is 21.1. The van der Waals surface area contributed by atoms with Crippen LogP contribution in [0.4, 0.5) is 8.78 Å². The molecule has 0 aliphatic heterocycles. The van der Waals surface area contributed by atoms with Gasteiger partial charge in [0, 0.05) is 0 Å². The van der Waals surface area contributed by atoms with Gasteiger partial charge in [0.2, 0.25) is 0 Å². The molecule has 1 nitrogen and oxygen atoms in total. The zero-order chi connectivity index (χ0) is 24.0. The zero-order valence-electron chi connectivity index (χ0n) is 21.1. The highest BCUT2D eigenvalue weighted by Crippen LogP contribution is 2.38. The molecule has 186 valence electrons.